The predicted octanol–water partition coefficient (Wildman–Crippen LogP) is -0.444. The monoisotopic (exact) mass is 574 g/mol. The topological polar surface area (TPSA) is 0 Å². The van der Waals surface area contributed by atoms with Crippen molar-refractivity contribution in [1.82, 2.24) is 0 Å². The highest BCUT2D eigenvalue weighted by Crippen LogP contribution is 2.41. The molecule has 0 N–H and O–H groups in total. The van der Waals surface area contributed by atoms with Gasteiger partial charge in [-0.2, -0.15) is 26.3 Å². The maximum atomic E-state index is 13.6. The van der Waals surface area contributed by atoms with E-state index in [1.54, 1.807) is 0 Å². The number of rotatable bonds is 4. The Bertz CT molecular complexity index is 580. The van der Waals surface area contributed by atoms with E-state index in [2.05, 4.69) is 0 Å². The highest BCUT2D eigenvalue weighted by molar-refractivity contribution is 7.96. The summed E-state index contributed by atoms with van der Waals surface area (Å²) in [5, 5.41) is 0. The molecule has 10 heteroatoms. The van der Waals surface area contributed by atoms with Gasteiger partial charge in [0.2, 0.25) is 0 Å². The summed E-state index contributed by atoms with van der Waals surface area (Å²) >= 11 is 0. The summed E-state index contributed by atoms with van der Waals surface area (Å²) in [6.45, 7) is 0. The Labute approximate surface area is 188 Å². The molecule has 1 aromatic carbocycles. The smallest absolute Gasteiger partial charge is 0.416 e. The molecule has 3 rings (SSSR count). The molecule has 0 aromatic heterocycles. The van der Waals surface area contributed by atoms with Gasteiger partial charge in [0, 0.05) is 11.1 Å². The fourth-order valence-electron chi connectivity index (χ4n) is 3.61. The molecule has 1 aromatic rings. The lowest BCUT2D eigenvalue weighted by Crippen LogP contribution is -3.00. The summed E-state index contributed by atoms with van der Waals surface area (Å²) < 4.78 is 81.4. The Hall–Kier alpha value is 0.460. The van der Waals surface area contributed by atoms with E-state index in [9.17, 15) is 26.3 Å². The molecule has 0 unspecified atom stereocenters. The van der Waals surface area contributed by atoms with E-state index in [0.717, 1.165) is 60.8 Å². The second-order valence-electron chi connectivity index (χ2n) is 6.91. The van der Waals surface area contributed by atoms with Crippen molar-refractivity contribution < 1.29 is 60.3 Å². The molecule has 0 spiro atoms. The molecule has 0 bridgehead atoms. The molecule has 0 saturated carbocycles. The third kappa shape index (κ3) is 6.74. The molecule has 0 amide bonds. The zero-order chi connectivity index (χ0) is 18.9. The zero-order valence-electron chi connectivity index (χ0n) is 15.1. The van der Waals surface area contributed by atoms with Crippen molar-refractivity contribution in [3.8, 4) is 0 Å². The fraction of sp³-hybridized carbons (Fsp3) is 0.667. The van der Waals surface area contributed by atoms with Crippen LogP contribution in [0.3, 0.4) is 0 Å². The summed E-state index contributed by atoms with van der Waals surface area (Å²) in [5.41, 5.74) is -2.06. The van der Waals surface area contributed by atoms with Crippen LogP contribution in [0, 0.1) is 0 Å². The Morgan fingerprint density at radius 3 is 1.14 bits per heavy atom. The fourth-order valence-corrected chi connectivity index (χ4v) is 8.41. The summed E-state index contributed by atoms with van der Waals surface area (Å²) in [5.74, 6) is 3.52. The standard InChI is InChI=1S/C18H22F6S2.2BrH/c19-17(20,21)15-10-14(12-26-7-3-4-8-26)16(18(22,23)24)9-13(15)11-25-5-1-2-6-25;;/h9-10H,1-8,11-12H2;2*1H/q+2;;/p-2. The Kier molecular flexibility index (Phi) is 10.1. The number of benzene rings is 1. The van der Waals surface area contributed by atoms with E-state index in [1.807, 2.05) is 0 Å². The summed E-state index contributed by atoms with van der Waals surface area (Å²) in [6.07, 6.45) is -5.41. The van der Waals surface area contributed by atoms with Gasteiger partial charge in [-0.25, -0.2) is 0 Å². The van der Waals surface area contributed by atoms with Gasteiger partial charge in [0.25, 0.3) is 0 Å². The molecule has 2 heterocycles. The van der Waals surface area contributed by atoms with Gasteiger partial charge < -0.3 is 34.0 Å². The van der Waals surface area contributed by atoms with E-state index in [1.165, 1.54) is 0 Å². The van der Waals surface area contributed by atoms with Crippen molar-refractivity contribution in [3.05, 3.63) is 34.4 Å². The minimum atomic E-state index is -4.61. The lowest BCUT2D eigenvalue weighted by molar-refractivity contribution is -0.142. The molecule has 28 heavy (non-hydrogen) atoms. The van der Waals surface area contributed by atoms with E-state index >= 15 is 0 Å². The first-order chi connectivity index (χ1) is 12.1. The molecule has 0 aliphatic carbocycles. The van der Waals surface area contributed by atoms with Crippen molar-refractivity contribution in [2.45, 2.75) is 49.5 Å². The second kappa shape index (κ2) is 10.7. The molecule has 0 radical (unpaired) electrons. The molecule has 0 nitrogen and oxygen atoms in total. The molecular formula is C18H22Br2F6S2. The van der Waals surface area contributed by atoms with Gasteiger partial charge in [0.1, 0.15) is 34.5 Å². The molecule has 2 aliphatic heterocycles. The minimum absolute atomic E-state index is 0. The Morgan fingerprint density at radius 1 is 0.607 bits per heavy atom. The van der Waals surface area contributed by atoms with Crippen molar-refractivity contribution in [2.75, 3.05) is 23.0 Å². The number of hydrogen-bond acceptors (Lipinski definition) is 0. The van der Waals surface area contributed by atoms with Gasteiger partial charge in [-0.3, -0.25) is 0 Å². The van der Waals surface area contributed by atoms with Crippen LogP contribution in [-0.4, -0.2) is 23.0 Å². The average Bonchev–Trinajstić information content (AvgIpc) is 3.19. The van der Waals surface area contributed by atoms with Crippen LogP contribution in [0.25, 0.3) is 0 Å². The van der Waals surface area contributed by atoms with Crippen molar-refractivity contribution in [1.29, 1.82) is 0 Å². The van der Waals surface area contributed by atoms with Gasteiger partial charge in [-0.1, -0.05) is 0 Å². The van der Waals surface area contributed by atoms with Crippen molar-refractivity contribution >= 4 is 21.8 Å². The summed E-state index contributed by atoms with van der Waals surface area (Å²) in [6, 6.07) is 1.62. The first kappa shape index (κ1) is 26.5. The van der Waals surface area contributed by atoms with E-state index in [-0.39, 0.29) is 78.4 Å². The molecule has 162 valence electrons. The van der Waals surface area contributed by atoms with Crippen LogP contribution in [0.5, 0.6) is 0 Å². The second-order valence-corrected chi connectivity index (χ2v) is 11.6. The quantitative estimate of drug-likeness (QED) is 0.337. The molecule has 2 aliphatic rings. The van der Waals surface area contributed by atoms with E-state index in [0.29, 0.717) is 0 Å². The summed E-state index contributed by atoms with van der Waals surface area (Å²) in [7, 11) is -0.469. The Balaban J connectivity index is 0.00000196. The van der Waals surface area contributed by atoms with Crippen molar-refractivity contribution in [2.24, 2.45) is 0 Å². The Morgan fingerprint density at radius 2 is 0.893 bits per heavy atom. The minimum Gasteiger partial charge on any atom is -1.00 e. The van der Waals surface area contributed by atoms with Gasteiger partial charge in [-0.15, -0.1) is 0 Å². The van der Waals surface area contributed by atoms with E-state index in [4.69, 9.17) is 0 Å². The van der Waals surface area contributed by atoms with E-state index < -0.39 is 23.5 Å². The van der Waals surface area contributed by atoms with Crippen LogP contribution in [-0.2, 0) is 45.6 Å². The lowest BCUT2D eigenvalue weighted by Gasteiger charge is -2.19. The van der Waals surface area contributed by atoms with Crippen LogP contribution in [0.2, 0.25) is 0 Å². The van der Waals surface area contributed by atoms with Crippen LogP contribution in [0.4, 0.5) is 26.3 Å². The maximum Gasteiger partial charge on any atom is 0.416 e. The largest absolute Gasteiger partial charge is 1.00 e. The number of alkyl halides is 6. The lowest BCUT2D eigenvalue weighted by atomic mass is 9.99. The highest BCUT2D eigenvalue weighted by Gasteiger charge is 2.42. The highest BCUT2D eigenvalue weighted by atomic mass is 79.9. The van der Waals surface area contributed by atoms with Gasteiger partial charge in [0.05, 0.1) is 11.1 Å². The van der Waals surface area contributed by atoms with Crippen LogP contribution in [0.1, 0.15) is 47.9 Å². The molecular weight excluding hydrogens is 554 g/mol. The first-order valence-electron chi connectivity index (χ1n) is 8.73. The number of halogens is 8. The van der Waals surface area contributed by atoms with Crippen molar-refractivity contribution in [3.63, 3.8) is 0 Å². The first-order valence-corrected chi connectivity index (χ1v) is 12.2. The van der Waals surface area contributed by atoms with Crippen LogP contribution in [0.15, 0.2) is 12.1 Å². The van der Waals surface area contributed by atoms with Crippen LogP contribution < -0.4 is 34.0 Å². The zero-order valence-corrected chi connectivity index (χ0v) is 19.9. The number of hydrogen-bond donors (Lipinski definition) is 0. The third-order valence-electron chi connectivity index (χ3n) is 4.89. The summed E-state index contributed by atoms with van der Waals surface area (Å²) in [4.78, 5) is 0. The predicted molar refractivity (Wildman–Crippen MR) is 96.5 cm³/mol. The average molecular weight is 576 g/mol. The normalized spacial score (nSPS) is 18.8. The van der Waals surface area contributed by atoms with Gasteiger partial charge in [0.15, 0.2) is 0 Å². The van der Waals surface area contributed by atoms with Crippen LogP contribution >= 0.6 is 0 Å². The molecule has 2 fully saturated rings. The van der Waals surface area contributed by atoms with Gasteiger partial charge >= 0.3 is 12.4 Å². The van der Waals surface area contributed by atoms with Gasteiger partial charge in [-0.05, 0) is 59.6 Å². The molecule has 2 saturated heterocycles. The molecule has 0 atom stereocenters. The maximum absolute atomic E-state index is 13.6. The third-order valence-corrected chi connectivity index (χ3v) is 9.79. The SMILES string of the molecule is FC(F)(F)c1cc(C[S+]2CCCC2)c(C(F)(F)F)cc1C[S+]1CCCC1.[Br-].[Br-].